The van der Waals surface area contributed by atoms with E-state index in [0.717, 1.165) is 5.56 Å². The summed E-state index contributed by atoms with van der Waals surface area (Å²) in [7, 11) is -3.02. The molecule has 5 nitrogen and oxygen atoms in total. The maximum atomic E-state index is 12.7. The lowest BCUT2D eigenvalue weighted by Gasteiger charge is -2.30. The standard InChI is InChI=1S/C18H24N2O3S2/c1-14(2)10-20(17-7-8-25(22,23)13-17)18(21)12-24-11-16-6-4-3-5-15(16)9-19/h3-6,14,17H,7-8,10-13H2,1-2H3/t17-/m1/s1. The van der Waals surface area contributed by atoms with Gasteiger partial charge in [0.15, 0.2) is 9.84 Å². The highest BCUT2D eigenvalue weighted by Gasteiger charge is 2.34. The molecule has 1 aliphatic rings. The van der Waals surface area contributed by atoms with Gasteiger partial charge in [-0.05, 0) is 24.0 Å². The first-order valence-electron chi connectivity index (χ1n) is 8.38. The Bertz CT molecular complexity index is 754. The zero-order chi connectivity index (χ0) is 18.4. The van der Waals surface area contributed by atoms with Crippen molar-refractivity contribution < 1.29 is 13.2 Å². The lowest BCUT2D eigenvalue weighted by Crippen LogP contribution is -2.44. The first kappa shape index (κ1) is 19.8. The van der Waals surface area contributed by atoms with Crippen LogP contribution in [0.1, 0.15) is 31.4 Å². The molecule has 1 aliphatic heterocycles. The van der Waals surface area contributed by atoms with Crippen molar-refractivity contribution in [3.63, 3.8) is 0 Å². The molecule has 2 rings (SSSR count). The monoisotopic (exact) mass is 380 g/mol. The second kappa shape index (κ2) is 8.72. The largest absolute Gasteiger partial charge is 0.338 e. The van der Waals surface area contributed by atoms with Gasteiger partial charge in [-0.15, -0.1) is 11.8 Å². The second-order valence-electron chi connectivity index (χ2n) is 6.76. The van der Waals surface area contributed by atoms with Crippen LogP contribution in [0.3, 0.4) is 0 Å². The summed E-state index contributed by atoms with van der Waals surface area (Å²) in [6.45, 7) is 4.63. The third kappa shape index (κ3) is 5.75. The van der Waals surface area contributed by atoms with E-state index in [1.165, 1.54) is 11.8 Å². The van der Waals surface area contributed by atoms with Crippen molar-refractivity contribution in [2.75, 3.05) is 23.8 Å². The molecular formula is C18H24N2O3S2. The summed E-state index contributed by atoms with van der Waals surface area (Å²) in [6, 6.07) is 9.33. The summed E-state index contributed by atoms with van der Waals surface area (Å²) >= 11 is 1.47. The maximum Gasteiger partial charge on any atom is 0.232 e. The zero-order valence-electron chi connectivity index (χ0n) is 14.6. The molecule has 0 aliphatic carbocycles. The Morgan fingerprint density at radius 2 is 2.12 bits per heavy atom. The summed E-state index contributed by atoms with van der Waals surface area (Å²) < 4.78 is 23.5. The molecule has 1 aromatic rings. The molecule has 0 bridgehead atoms. The van der Waals surface area contributed by atoms with E-state index in [1.807, 2.05) is 32.0 Å². The molecule has 136 valence electrons. The van der Waals surface area contributed by atoms with Crippen molar-refractivity contribution in [3.8, 4) is 6.07 Å². The Morgan fingerprint density at radius 1 is 1.40 bits per heavy atom. The number of nitrogens with zero attached hydrogens (tertiary/aromatic N) is 2. The van der Waals surface area contributed by atoms with E-state index in [-0.39, 0.29) is 29.4 Å². The molecule has 1 heterocycles. The van der Waals surface area contributed by atoms with Gasteiger partial charge >= 0.3 is 0 Å². The van der Waals surface area contributed by atoms with Gasteiger partial charge in [-0.25, -0.2) is 8.42 Å². The number of benzene rings is 1. The summed E-state index contributed by atoms with van der Waals surface area (Å²) in [5.74, 6) is 1.40. The number of sulfone groups is 1. The second-order valence-corrected chi connectivity index (χ2v) is 9.97. The molecule has 0 aromatic heterocycles. The molecule has 1 fully saturated rings. The SMILES string of the molecule is CC(C)CN(C(=O)CSCc1ccccc1C#N)[C@@H]1CCS(=O)(=O)C1. The number of carbonyl (C=O) groups is 1. The normalized spacial score (nSPS) is 18.9. The molecule has 1 amide bonds. The molecule has 1 aromatic carbocycles. The van der Waals surface area contributed by atoms with Crippen molar-refractivity contribution in [2.45, 2.75) is 32.1 Å². The fraction of sp³-hybridized carbons (Fsp3) is 0.556. The molecule has 0 saturated carbocycles. The average Bonchev–Trinajstić information content (AvgIpc) is 2.92. The van der Waals surface area contributed by atoms with Crippen LogP contribution in [0.15, 0.2) is 24.3 Å². The van der Waals surface area contributed by atoms with Gasteiger partial charge in [0, 0.05) is 18.3 Å². The molecule has 0 N–H and O–H groups in total. The van der Waals surface area contributed by atoms with Crippen molar-refractivity contribution >= 4 is 27.5 Å². The number of rotatable bonds is 7. The Morgan fingerprint density at radius 3 is 2.72 bits per heavy atom. The van der Waals surface area contributed by atoms with Crippen LogP contribution in [0.2, 0.25) is 0 Å². The van der Waals surface area contributed by atoms with E-state index < -0.39 is 9.84 Å². The number of thioether (sulfide) groups is 1. The highest BCUT2D eigenvalue weighted by atomic mass is 32.2. The highest BCUT2D eigenvalue weighted by molar-refractivity contribution is 7.99. The van der Waals surface area contributed by atoms with Crippen LogP contribution in [0.4, 0.5) is 0 Å². The molecule has 0 radical (unpaired) electrons. The van der Waals surface area contributed by atoms with Gasteiger partial charge in [0.1, 0.15) is 0 Å². The van der Waals surface area contributed by atoms with Gasteiger partial charge in [0.25, 0.3) is 0 Å². The maximum absolute atomic E-state index is 12.7. The summed E-state index contributed by atoms with van der Waals surface area (Å²) in [6.07, 6.45) is 0.530. The van der Waals surface area contributed by atoms with E-state index in [9.17, 15) is 13.2 Å². The van der Waals surface area contributed by atoms with E-state index in [0.29, 0.717) is 30.0 Å². The minimum Gasteiger partial charge on any atom is -0.338 e. The fourth-order valence-corrected chi connectivity index (χ4v) is 5.60. The van der Waals surface area contributed by atoms with Crippen LogP contribution in [0.25, 0.3) is 0 Å². The van der Waals surface area contributed by atoms with Gasteiger partial charge in [-0.1, -0.05) is 32.0 Å². The number of nitriles is 1. The van der Waals surface area contributed by atoms with Gasteiger partial charge in [-0.3, -0.25) is 4.79 Å². The number of hydrogen-bond donors (Lipinski definition) is 0. The molecule has 0 spiro atoms. The van der Waals surface area contributed by atoms with E-state index >= 15 is 0 Å². The fourth-order valence-electron chi connectivity index (χ4n) is 2.96. The van der Waals surface area contributed by atoms with Crippen molar-refractivity contribution in [1.82, 2.24) is 4.90 Å². The smallest absolute Gasteiger partial charge is 0.232 e. The Hall–Kier alpha value is -1.52. The van der Waals surface area contributed by atoms with Crippen LogP contribution >= 0.6 is 11.8 Å². The molecule has 0 unspecified atom stereocenters. The van der Waals surface area contributed by atoms with Gasteiger partial charge in [-0.2, -0.15) is 5.26 Å². The highest BCUT2D eigenvalue weighted by Crippen LogP contribution is 2.22. The van der Waals surface area contributed by atoms with E-state index in [4.69, 9.17) is 5.26 Å². The van der Waals surface area contributed by atoms with Crippen LogP contribution in [0.5, 0.6) is 0 Å². The summed E-state index contributed by atoms with van der Waals surface area (Å²) in [5.41, 5.74) is 1.55. The number of hydrogen-bond acceptors (Lipinski definition) is 5. The Balaban J connectivity index is 1.97. The third-order valence-corrected chi connectivity index (χ3v) is 6.87. The first-order chi connectivity index (χ1) is 11.8. The van der Waals surface area contributed by atoms with Crippen molar-refractivity contribution in [1.29, 1.82) is 5.26 Å². The predicted octanol–water partition coefficient (Wildman–Crippen LogP) is 2.46. The van der Waals surface area contributed by atoms with Gasteiger partial charge < -0.3 is 4.90 Å². The minimum absolute atomic E-state index is 0.0183. The number of amides is 1. The zero-order valence-corrected chi connectivity index (χ0v) is 16.3. The van der Waals surface area contributed by atoms with Crippen LogP contribution in [0, 0.1) is 17.2 Å². The van der Waals surface area contributed by atoms with E-state index in [1.54, 1.807) is 11.0 Å². The molecule has 1 saturated heterocycles. The lowest BCUT2D eigenvalue weighted by molar-refractivity contribution is -0.130. The summed E-state index contributed by atoms with van der Waals surface area (Å²) in [4.78, 5) is 14.4. The van der Waals surface area contributed by atoms with Gasteiger partial charge in [0.2, 0.25) is 5.91 Å². The van der Waals surface area contributed by atoms with Crippen LogP contribution in [-0.2, 0) is 20.4 Å². The van der Waals surface area contributed by atoms with Crippen molar-refractivity contribution in [2.24, 2.45) is 5.92 Å². The first-order valence-corrected chi connectivity index (χ1v) is 11.4. The summed E-state index contributed by atoms with van der Waals surface area (Å²) in [5, 5.41) is 9.12. The Labute approximate surface area is 154 Å². The minimum atomic E-state index is -3.02. The predicted molar refractivity (Wildman–Crippen MR) is 101 cm³/mol. The lowest BCUT2D eigenvalue weighted by atomic mass is 10.1. The number of carbonyl (C=O) groups excluding carboxylic acids is 1. The van der Waals surface area contributed by atoms with E-state index in [2.05, 4.69) is 6.07 Å². The quantitative estimate of drug-likeness (QED) is 0.726. The van der Waals surface area contributed by atoms with Gasteiger partial charge in [0.05, 0.1) is 28.9 Å². The van der Waals surface area contributed by atoms with Crippen molar-refractivity contribution in [3.05, 3.63) is 35.4 Å². The topological polar surface area (TPSA) is 78.2 Å². The molecule has 1 atom stereocenters. The third-order valence-electron chi connectivity index (χ3n) is 4.15. The van der Waals surface area contributed by atoms with Crippen LogP contribution in [-0.4, -0.2) is 49.1 Å². The Kier molecular flexibility index (Phi) is 6.91. The molecule has 7 heteroatoms. The average molecular weight is 381 g/mol. The molecular weight excluding hydrogens is 356 g/mol. The molecule has 25 heavy (non-hydrogen) atoms. The van der Waals surface area contributed by atoms with Crippen LogP contribution < -0.4 is 0 Å².